The van der Waals surface area contributed by atoms with E-state index in [4.69, 9.17) is 4.74 Å². The van der Waals surface area contributed by atoms with E-state index in [0.29, 0.717) is 0 Å². The molecule has 2 heteroatoms. The number of fused-ring (bicyclic) bond motifs is 1. The summed E-state index contributed by atoms with van der Waals surface area (Å²) in [6.45, 7) is 0. The van der Waals surface area contributed by atoms with E-state index in [2.05, 4.69) is 6.08 Å². The minimum absolute atomic E-state index is 0.0160. The molecule has 0 N–H and O–H groups in total. The minimum Gasteiger partial charge on any atom is -0.454 e. The number of hydrogen-bond donors (Lipinski definition) is 0. The molecule has 2 aliphatic rings. The van der Waals surface area contributed by atoms with Crippen LogP contribution in [0, 0.1) is 0 Å². The van der Waals surface area contributed by atoms with E-state index in [9.17, 15) is 4.79 Å². The van der Waals surface area contributed by atoms with Crippen molar-refractivity contribution in [1.82, 2.24) is 0 Å². The summed E-state index contributed by atoms with van der Waals surface area (Å²) in [5.41, 5.74) is 3.18. The maximum atomic E-state index is 11.9. The number of carbonyl (C=O) groups is 1. The van der Waals surface area contributed by atoms with Crippen LogP contribution in [0.25, 0.3) is 0 Å². The second-order valence-corrected chi connectivity index (χ2v) is 4.78. The lowest BCUT2D eigenvalue weighted by Crippen LogP contribution is -2.29. The van der Waals surface area contributed by atoms with Crippen molar-refractivity contribution in [3.8, 4) is 0 Å². The van der Waals surface area contributed by atoms with Gasteiger partial charge in [-0.15, -0.1) is 0 Å². The molecule has 88 valence electrons. The smallest absolute Gasteiger partial charge is 0.339 e. The Morgan fingerprint density at radius 3 is 2.88 bits per heavy atom. The van der Waals surface area contributed by atoms with Crippen molar-refractivity contribution in [2.24, 2.45) is 0 Å². The Bertz CT molecular complexity index is 474. The van der Waals surface area contributed by atoms with Crippen LogP contribution in [0.1, 0.15) is 41.6 Å². The summed E-state index contributed by atoms with van der Waals surface area (Å²) in [4.78, 5) is 11.9. The molecular weight excluding hydrogens is 212 g/mol. The van der Waals surface area contributed by atoms with Crippen LogP contribution in [-0.4, -0.2) is 12.1 Å². The number of esters is 1. The summed E-state index contributed by atoms with van der Waals surface area (Å²) < 4.78 is 5.55. The molecule has 0 bridgehead atoms. The third kappa shape index (κ3) is 1.99. The SMILES string of the molecule is O=C1OC(C2=CCCCC2)Cc2ccccc21. The van der Waals surface area contributed by atoms with Gasteiger partial charge in [-0.3, -0.25) is 0 Å². The second-order valence-electron chi connectivity index (χ2n) is 4.78. The van der Waals surface area contributed by atoms with Crippen molar-refractivity contribution >= 4 is 5.97 Å². The zero-order valence-electron chi connectivity index (χ0n) is 9.82. The molecule has 0 aromatic heterocycles. The van der Waals surface area contributed by atoms with Gasteiger partial charge in [0.25, 0.3) is 0 Å². The fourth-order valence-electron chi connectivity index (χ4n) is 2.69. The van der Waals surface area contributed by atoms with E-state index in [1.165, 1.54) is 18.4 Å². The Labute approximate surface area is 101 Å². The Morgan fingerprint density at radius 1 is 1.18 bits per heavy atom. The first-order valence-electron chi connectivity index (χ1n) is 6.32. The molecule has 0 amide bonds. The van der Waals surface area contributed by atoms with Crippen LogP contribution in [0.2, 0.25) is 0 Å². The van der Waals surface area contributed by atoms with Gasteiger partial charge >= 0.3 is 5.97 Å². The van der Waals surface area contributed by atoms with Crippen LogP contribution in [0.3, 0.4) is 0 Å². The quantitative estimate of drug-likeness (QED) is 0.544. The zero-order chi connectivity index (χ0) is 11.7. The van der Waals surface area contributed by atoms with E-state index in [1.54, 1.807) is 0 Å². The van der Waals surface area contributed by atoms with Crippen molar-refractivity contribution in [3.63, 3.8) is 0 Å². The first-order valence-corrected chi connectivity index (χ1v) is 6.32. The summed E-state index contributed by atoms with van der Waals surface area (Å²) in [6.07, 6.45) is 7.79. The predicted molar refractivity (Wildman–Crippen MR) is 65.9 cm³/mol. The molecule has 3 rings (SSSR count). The zero-order valence-corrected chi connectivity index (χ0v) is 9.82. The highest BCUT2D eigenvalue weighted by Crippen LogP contribution is 2.29. The molecule has 0 radical (unpaired) electrons. The molecule has 1 atom stereocenters. The molecule has 0 spiro atoms. The molecule has 1 heterocycles. The average Bonchev–Trinajstić information content (AvgIpc) is 2.40. The lowest BCUT2D eigenvalue weighted by atomic mass is 9.89. The monoisotopic (exact) mass is 228 g/mol. The summed E-state index contributed by atoms with van der Waals surface area (Å²) in [5.74, 6) is -0.164. The maximum absolute atomic E-state index is 11.9. The lowest BCUT2D eigenvalue weighted by Gasteiger charge is -2.28. The minimum atomic E-state index is -0.164. The predicted octanol–water partition coefficient (Wildman–Crippen LogP) is 3.27. The van der Waals surface area contributed by atoms with Crippen molar-refractivity contribution in [1.29, 1.82) is 0 Å². The largest absolute Gasteiger partial charge is 0.454 e. The van der Waals surface area contributed by atoms with Gasteiger partial charge in [-0.2, -0.15) is 0 Å². The molecule has 1 unspecified atom stereocenters. The van der Waals surface area contributed by atoms with Crippen LogP contribution in [0.15, 0.2) is 35.9 Å². The van der Waals surface area contributed by atoms with E-state index in [0.717, 1.165) is 30.4 Å². The Morgan fingerprint density at radius 2 is 2.06 bits per heavy atom. The number of hydrogen-bond acceptors (Lipinski definition) is 2. The van der Waals surface area contributed by atoms with Crippen molar-refractivity contribution < 1.29 is 9.53 Å². The number of ether oxygens (including phenoxy) is 1. The number of rotatable bonds is 1. The molecule has 1 aromatic carbocycles. The Kier molecular flexibility index (Phi) is 2.71. The van der Waals surface area contributed by atoms with Gasteiger partial charge in [-0.05, 0) is 42.9 Å². The van der Waals surface area contributed by atoms with Crippen LogP contribution in [0.4, 0.5) is 0 Å². The molecule has 17 heavy (non-hydrogen) atoms. The van der Waals surface area contributed by atoms with Gasteiger partial charge in [0.15, 0.2) is 0 Å². The van der Waals surface area contributed by atoms with Crippen molar-refractivity contribution in [2.45, 2.75) is 38.2 Å². The van der Waals surface area contributed by atoms with Gasteiger partial charge in [0, 0.05) is 6.42 Å². The third-order valence-corrected chi connectivity index (χ3v) is 3.63. The highest BCUT2D eigenvalue weighted by atomic mass is 16.5. The van der Waals surface area contributed by atoms with Gasteiger partial charge in [0.2, 0.25) is 0 Å². The highest BCUT2D eigenvalue weighted by molar-refractivity contribution is 5.92. The lowest BCUT2D eigenvalue weighted by molar-refractivity contribution is 0.0326. The van der Waals surface area contributed by atoms with Crippen LogP contribution < -0.4 is 0 Å². The Hall–Kier alpha value is -1.57. The van der Waals surface area contributed by atoms with E-state index in [1.807, 2.05) is 24.3 Å². The molecule has 0 fully saturated rings. The maximum Gasteiger partial charge on any atom is 0.339 e. The van der Waals surface area contributed by atoms with Crippen LogP contribution >= 0.6 is 0 Å². The fourth-order valence-corrected chi connectivity index (χ4v) is 2.69. The van der Waals surface area contributed by atoms with Gasteiger partial charge in [0.05, 0.1) is 5.56 Å². The summed E-state index contributed by atoms with van der Waals surface area (Å²) >= 11 is 0. The summed E-state index contributed by atoms with van der Waals surface area (Å²) in [6, 6.07) is 7.76. The molecular formula is C15H16O2. The van der Waals surface area contributed by atoms with E-state index in [-0.39, 0.29) is 12.1 Å². The van der Waals surface area contributed by atoms with Gasteiger partial charge in [-0.25, -0.2) is 4.79 Å². The normalized spacial score (nSPS) is 23.6. The fraction of sp³-hybridized carbons (Fsp3) is 0.400. The number of allylic oxidation sites excluding steroid dienone is 1. The topological polar surface area (TPSA) is 26.3 Å². The molecule has 0 saturated carbocycles. The third-order valence-electron chi connectivity index (χ3n) is 3.63. The van der Waals surface area contributed by atoms with E-state index >= 15 is 0 Å². The molecule has 1 aromatic rings. The Balaban J connectivity index is 1.88. The molecule has 2 nitrogen and oxygen atoms in total. The highest BCUT2D eigenvalue weighted by Gasteiger charge is 2.28. The average molecular weight is 228 g/mol. The molecule has 0 saturated heterocycles. The summed E-state index contributed by atoms with van der Waals surface area (Å²) in [7, 11) is 0. The molecule has 1 aliphatic heterocycles. The molecule has 1 aliphatic carbocycles. The van der Waals surface area contributed by atoms with Gasteiger partial charge in [-0.1, -0.05) is 24.3 Å². The number of cyclic esters (lactones) is 1. The summed E-state index contributed by atoms with van der Waals surface area (Å²) in [5, 5.41) is 0. The van der Waals surface area contributed by atoms with Gasteiger partial charge < -0.3 is 4.74 Å². The van der Waals surface area contributed by atoms with Crippen molar-refractivity contribution in [3.05, 3.63) is 47.0 Å². The second kappa shape index (κ2) is 4.36. The first kappa shape index (κ1) is 10.6. The van der Waals surface area contributed by atoms with Crippen molar-refractivity contribution in [2.75, 3.05) is 0 Å². The van der Waals surface area contributed by atoms with Crippen LogP contribution in [-0.2, 0) is 11.2 Å². The van der Waals surface area contributed by atoms with Crippen LogP contribution in [0.5, 0.6) is 0 Å². The van der Waals surface area contributed by atoms with Gasteiger partial charge in [0.1, 0.15) is 6.10 Å². The number of carbonyl (C=O) groups excluding carboxylic acids is 1. The number of benzene rings is 1. The standard InChI is InChI=1S/C15H16O2/c16-15-13-9-5-4-8-12(13)10-14(17-15)11-6-2-1-3-7-11/h4-6,8-9,14H,1-3,7,10H2. The van der Waals surface area contributed by atoms with E-state index < -0.39 is 0 Å². The first-order chi connectivity index (χ1) is 8.34.